The van der Waals surface area contributed by atoms with Gasteiger partial charge < -0.3 is 5.32 Å². The highest BCUT2D eigenvalue weighted by molar-refractivity contribution is 7.98. The zero-order valence-electron chi connectivity index (χ0n) is 11.7. The molecule has 0 atom stereocenters. The average Bonchev–Trinajstić information content (AvgIpc) is 3.01. The van der Waals surface area contributed by atoms with Gasteiger partial charge in [0.1, 0.15) is 5.84 Å². The maximum Gasteiger partial charge on any atom is 0.129 e. The van der Waals surface area contributed by atoms with Crippen molar-refractivity contribution in [3.8, 4) is 0 Å². The lowest BCUT2D eigenvalue weighted by molar-refractivity contribution is 0.959. The van der Waals surface area contributed by atoms with E-state index in [1.54, 1.807) is 11.8 Å². The van der Waals surface area contributed by atoms with Gasteiger partial charge in [0.25, 0.3) is 0 Å². The molecule has 22 heavy (non-hydrogen) atoms. The van der Waals surface area contributed by atoms with E-state index < -0.39 is 0 Å². The second kappa shape index (κ2) is 8.11. The minimum absolute atomic E-state index is 0. The Morgan fingerprint density at radius 3 is 2.68 bits per heavy atom. The fourth-order valence-electron chi connectivity index (χ4n) is 2.16. The van der Waals surface area contributed by atoms with Crippen molar-refractivity contribution in [1.82, 2.24) is 5.32 Å². The van der Waals surface area contributed by atoms with Crippen LogP contribution in [-0.2, 0) is 5.75 Å². The van der Waals surface area contributed by atoms with E-state index in [0.717, 1.165) is 50.7 Å². The molecule has 3 rings (SSSR count). The van der Waals surface area contributed by atoms with Gasteiger partial charge in [0.2, 0.25) is 0 Å². The largest absolute Gasteiger partial charge is 0.368 e. The average molecular weight is 374 g/mol. The van der Waals surface area contributed by atoms with Gasteiger partial charge in [-0.3, -0.25) is 4.99 Å². The zero-order chi connectivity index (χ0) is 14.7. The minimum atomic E-state index is 0. The van der Waals surface area contributed by atoms with E-state index in [1.807, 2.05) is 36.4 Å². The Kier molecular flexibility index (Phi) is 6.45. The lowest BCUT2D eigenvalue weighted by Crippen LogP contribution is -2.20. The molecule has 2 nitrogen and oxygen atoms in total. The van der Waals surface area contributed by atoms with Crippen LogP contribution in [-0.4, -0.2) is 18.9 Å². The van der Waals surface area contributed by atoms with Crippen LogP contribution in [0.2, 0.25) is 10.0 Å². The second-order valence-corrected chi connectivity index (χ2v) is 6.54. The van der Waals surface area contributed by atoms with E-state index in [9.17, 15) is 0 Å². The summed E-state index contributed by atoms with van der Waals surface area (Å²) in [6.45, 7) is 1.70. The molecule has 0 unspecified atom stereocenters. The van der Waals surface area contributed by atoms with Crippen molar-refractivity contribution in [2.24, 2.45) is 4.99 Å². The Bertz CT molecular complexity index is 689. The molecule has 0 aliphatic carbocycles. The fraction of sp³-hybridized carbons (Fsp3) is 0.188. The Hall–Kier alpha value is -0.870. The van der Waals surface area contributed by atoms with Crippen LogP contribution >= 0.6 is 47.4 Å². The summed E-state index contributed by atoms with van der Waals surface area (Å²) in [7, 11) is 0. The lowest BCUT2D eigenvalue weighted by atomic mass is 10.2. The molecule has 0 saturated heterocycles. The summed E-state index contributed by atoms with van der Waals surface area (Å²) in [5, 5.41) is 4.83. The molecule has 0 aromatic heterocycles. The van der Waals surface area contributed by atoms with Gasteiger partial charge in [0.15, 0.2) is 0 Å². The molecule has 0 bridgehead atoms. The maximum absolute atomic E-state index is 6.21. The van der Waals surface area contributed by atoms with Crippen molar-refractivity contribution < 1.29 is 0 Å². The van der Waals surface area contributed by atoms with Gasteiger partial charge in [-0.2, -0.15) is 0 Å². The van der Waals surface area contributed by atoms with Crippen LogP contribution in [0.3, 0.4) is 0 Å². The van der Waals surface area contributed by atoms with Gasteiger partial charge in [-0.25, -0.2) is 0 Å². The first-order valence-corrected chi connectivity index (χ1v) is 8.42. The van der Waals surface area contributed by atoms with Crippen LogP contribution < -0.4 is 5.32 Å². The molecule has 0 amide bonds. The first-order chi connectivity index (χ1) is 10.2. The SMILES string of the molecule is Cl.Clc1ccc(SCc2ccccc2Cl)c(C2=NCCN2)c1. The van der Waals surface area contributed by atoms with E-state index in [1.165, 1.54) is 0 Å². The van der Waals surface area contributed by atoms with E-state index in [0.29, 0.717) is 0 Å². The highest BCUT2D eigenvalue weighted by Crippen LogP contribution is 2.31. The molecule has 0 radical (unpaired) electrons. The standard InChI is InChI=1S/C16H14Cl2N2S.ClH/c17-12-5-6-15(13(9-12)16-19-7-8-20-16)21-10-11-3-1-2-4-14(11)18;/h1-6,9H,7-8,10H2,(H,19,20);1H. The van der Waals surface area contributed by atoms with Crippen molar-refractivity contribution in [1.29, 1.82) is 0 Å². The van der Waals surface area contributed by atoms with Gasteiger partial charge in [-0.1, -0.05) is 41.4 Å². The molecule has 1 N–H and O–H groups in total. The van der Waals surface area contributed by atoms with Crippen LogP contribution in [0.5, 0.6) is 0 Å². The van der Waals surface area contributed by atoms with Crippen LogP contribution in [0.4, 0.5) is 0 Å². The fourth-order valence-corrected chi connectivity index (χ4v) is 3.65. The number of hydrogen-bond donors (Lipinski definition) is 1. The smallest absolute Gasteiger partial charge is 0.129 e. The van der Waals surface area contributed by atoms with Crippen molar-refractivity contribution in [3.63, 3.8) is 0 Å². The second-order valence-electron chi connectivity index (χ2n) is 4.68. The van der Waals surface area contributed by atoms with Crippen LogP contribution in [0, 0.1) is 0 Å². The van der Waals surface area contributed by atoms with E-state index in [2.05, 4.69) is 16.4 Å². The molecular weight excluding hydrogens is 359 g/mol. The van der Waals surface area contributed by atoms with Crippen LogP contribution in [0.1, 0.15) is 11.1 Å². The van der Waals surface area contributed by atoms with Gasteiger partial charge in [0, 0.05) is 32.8 Å². The molecule has 1 aliphatic rings. The first-order valence-electron chi connectivity index (χ1n) is 6.68. The molecule has 1 aliphatic heterocycles. The highest BCUT2D eigenvalue weighted by atomic mass is 35.5. The summed E-state index contributed by atoms with van der Waals surface area (Å²) < 4.78 is 0. The summed E-state index contributed by atoms with van der Waals surface area (Å²) in [6.07, 6.45) is 0. The first kappa shape index (κ1) is 17.5. The molecular formula is C16H15Cl3N2S. The van der Waals surface area contributed by atoms with Crippen molar-refractivity contribution in [3.05, 3.63) is 63.6 Å². The molecule has 0 spiro atoms. The number of halogens is 3. The van der Waals surface area contributed by atoms with Crippen molar-refractivity contribution >= 4 is 53.2 Å². The number of nitrogens with zero attached hydrogens (tertiary/aromatic N) is 1. The number of amidine groups is 1. The molecule has 116 valence electrons. The third-order valence-electron chi connectivity index (χ3n) is 3.21. The normalized spacial score (nSPS) is 13.3. The Labute approximate surface area is 150 Å². The van der Waals surface area contributed by atoms with Gasteiger partial charge in [-0.05, 0) is 29.8 Å². The van der Waals surface area contributed by atoms with E-state index in [4.69, 9.17) is 23.2 Å². The number of benzene rings is 2. The van der Waals surface area contributed by atoms with Crippen molar-refractivity contribution in [2.75, 3.05) is 13.1 Å². The topological polar surface area (TPSA) is 24.4 Å². The minimum Gasteiger partial charge on any atom is -0.368 e. The number of nitrogens with one attached hydrogen (secondary N) is 1. The molecule has 2 aromatic carbocycles. The Morgan fingerprint density at radius 2 is 1.95 bits per heavy atom. The van der Waals surface area contributed by atoms with E-state index in [-0.39, 0.29) is 12.4 Å². The molecule has 6 heteroatoms. The molecule has 0 saturated carbocycles. The van der Waals surface area contributed by atoms with Gasteiger partial charge >= 0.3 is 0 Å². The van der Waals surface area contributed by atoms with Gasteiger partial charge in [0.05, 0.1) is 6.54 Å². The summed E-state index contributed by atoms with van der Waals surface area (Å²) in [5.41, 5.74) is 2.20. The summed E-state index contributed by atoms with van der Waals surface area (Å²) in [6, 6.07) is 13.8. The summed E-state index contributed by atoms with van der Waals surface area (Å²) >= 11 is 14.1. The van der Waals surface area contributed by atoms with E-state index >= 15 is 0 Å². The number of hydrogen-bond acceptors (Lipinski definition) is 3. The van der Waals surface area contributed by atoms with Crippen LogP contribution in [0.15, 0.2) is 52.4 Å². The quantitative estimate of drug-likeness (QED) is 0.758. The third kappa shape index (κ3) is 4.11. The molecule has 1 heterocycles. The maximum atomic E-state index is 6.21. The van der Waals surface area contributed by atoms with Crippen LogP contribution in [0.25, 0.3) is 0 Å². The summed E-state index contributed by atoms with van der Waals surface area (Å²) in [4.78, 5) is 5.65. The number of thioether (sulfide) groups is 1. The Balaban J connectivity index is 0.00000176. The number of aliphatic imine (C=N–C) groups is 1. The monoisotopic (exact) mass is 372 g/mol. The molecule has 2 aromatic rings. The van der Waals surface area contributed by atoms with Crippen molar-refractivity contribution in [2.45, 2.75) is 10.6 Å². The predicted molar refractivity (Wildman–Crippen MR) is 99.1 cm³/mol. The summed E-state index contributed by atoms with van der Waals surface area (Å²) in [5.74, 6) is 1.75. The molecule has 0 fully saturated rings. The Morgan fingerprint density at radius 1 is 1.14 bits per heavy atom. The highest BCUT2D eigenvalue weighted by Gasteiger charge is 2.14. The third-order valence-corrected chi connectivity index (χ3v) is 4.94. The van der Waals surface area contributed by atoms with Gasteiger partial charge in [-0.15, -0.1) is 24.2 Å². The predicted octanol–water partition coefficient (Wildman–Crippen LogP) is 5.06. The number of rotatable bonds is 4. The lowest BCUT2D eigenvalue weighted by Gasteiger charge is -2.11. The zero-order valence-corrected chi connectivity index (χ0v) is 14.8.